The third-order valence-corrected chi connectivity index (χ3v) is 6.52. The maximum Gasteiger partial charge on any atom is 0.147 e. The molecule has 3 saturated heterocycles. The molecule has 0 radical (unpaired) electrons. The lowest BCUT2D eigenvalue weighted by Crippen LogP contribution is -2.52. The molecular weight excluding hydrogens is 286 g/mol. The fraction of sp³-hybridized carbons (Fsp3) is 0.947. The summed E-state index contributed by atoms with van der Waals surface area (Å²) in [5.41, 5.74) is 0. The van der Waals surface area contributed by atoms with E-state index in [9.17, 15) is 4.79 Å². The molecular formula is C19H35N3O. The number of ketones is 1. The van der Waals surface area contributed by atoms with Gasteiger partial charge in [0.25, 0.3) is 0 Å². The fourth-order valence-corrected chi connectivity index (χ4v) is 5.69. The summed E-state index contributed by atoms with van der Waals surface area (Å²) < 4.78 is 0. The molecule has 23 heavy (non-hydrogen) atoms. The third kappa shape index (κ3) is 3.22. The minimum atomic E-state index is 0.0836. The lowest BCUT2D eigenvalue weighted by atomic mass is 9.69. The Morgan fingerprint density at radius 2 is 1.65 bits per heavy atom. The molecule has 6 unspecified atom stereocenters. The molecule has 0 aromatic heterocycles. The Balaban J connectivity index is 0.000000753. The highest BCUT2D eigenvalue weighted by molar-refractivity contribution is 5.82. The van der Waals surface area contributed by atoms with Gasteiger partial charge in [-0.05, 0) is 38.1 Å². The quantitative estimate of drug-likeness (QED) is 0.731. The number of carbonyl (C=O) groups is 1. The maximum absolute atomic E-state index is 12.2. The highest BCUT2D eigenvalue weighted by Gasteiger charge is 2.56. The zero-order chi connectivity index (χ0) is 16.4. The molecule has 3 N–H and O–H groups in total. The molecule has 4 aliphatic rings. The van der Waals surface area contributed by atoms with Gasteiger partial charge in [-0.2, -0.15) is 0 Å². The summed E-state index contributed by atoms with van der Waals surface area (Å²) in [7, 11) is 0. The summed E-state index contributed by atoms with van der Waals surface area (Å²) >= 11 is 0. The number of hydrogen-bond donors (Lipinski definition) is 3. The largest absolute Gasteiger partial charge is 0.312 e. The van der Waals surface area contributed by atoms with E-state index >= 15 is 0 Å². The molecule has 3 aliphatic heterocycles. The predicted octanol–water partition coefficient (Wildman–Crippen LogP) is 2.44. The molecule has 0 aromatic carbocycles. The molecule has 0 bridgehead atoms. The van der Waals surface area contributed by atoms with E-state index < -0.39 is 0 Å². The van der Waals surface area contributed by atoms with E-state index in [0.717, 1.165) is 12.5 Å². The topological polar surface area (TPSA) is 53.2 Å². The molecule has 4 rings (SSSR count). The second-order valence-corrected chi connectivity index (χ2v) is 7.68. The van der Waals surface area contributed by atoms with Crippen molar-refractivity contribution in [2.45, 2.75) is 90.0 Å². The monoisotopic (exact) mass is 321 g/mol. The van der Waals surface area contributed by atoms with Crippen LogP contribution in [0.2, 0.25) is 0 Å². The van der Waals surface area contributed by atoms with Crippen LogP contribution in [-0.2, 0) is 4.79 Å². The van der Waals surface area contributed by atoms with Gasteiger partial charge in [-0.15, -0.1) is 0 Å². The van der Waals surface area contributed by atoms with Crippen LogP contribution in [0.25, 0.3) is 0 Å². The van der Waals surface area contributed by atoms with E-state index in [1.165, 1.54) is 44.9 Å². The van der Waals surface area contributed by atoms with Gasteiger partial charge in [0.1, 0.15) is 5.78 Å². The van der Waals surface area contributed by atoms with Crippen LogP contribution in [0.4, 0.5) is 0 Å². The summed E-state index contributed by atoms with van der Waals surface area (Å²) in [6, 6.07) is 1.27. The average molecular weight is 322 g/mol. The molecule has 0 aromatic rings. The predicted molar refractivity (Wildman–Crippen MR) is 94.2 cm³/mol. The van der Waals surface area contributed by atoms with Crippen LogP contribution in [0.5, 0.6) is 0 Å². The Hall–Kier alpha value is -0.450. The van der Waals surface area contributed by atoms with Gasteiger partial charge in [0.15, 0.2) is 0 Å². The van der Waals surface area contributed by atoms with Crippen LogP contribution in [0.15, 0.2) is 0 Å². The third-order valence-electron chi connectivity index (χ3n) is 6.52. The summed E-state index contributed by atoms with van der Waals surface area (Å²) in [6.07, 6.45) is 9.68. The molecule has 0 amide bonds. The molecule has 1 aliphatic carbocycles. The second-order valence-electron chi connectivity index (χ2n) is 7.68. The van der Waals surface area contributed by atoms with E-state index in [-0.39, 0.29) is 6.04 Å². The first-order valence-corrected chi connectivity index (χ1v) is 10.0. The van der Waals surface area contributed by atoms with Gasteiger partial charge in [-0.3, -0.25) is 15.4 Å². The first kappa shape index (κ1) is 17.4. The van der Waals surface area contributed by atoms with Crippen LogP contribution < -0.4 is 16.0 Å². The Bertz CT molecular complexity index is 407. The van der Waals surface area contributed by atoms with Crippen LogP contribution in [0.3, 0.4) is 0 Å². The minimum Gasteiger partial charge on any atom is -0.312 e. The van der Waals surface area contributed by atoms with Gasteiger partial charge in [-0.1, -0.05) is 46.0 Å². The van der Waals surface area contributed by atoms with Gasteiger partial charge in [0.05, 0.1) is 12.2 Å². The SMILES string of the molecule is CC.CC(=O)C1NC2NC3CCCNC3C2C1C1CCCCC1. The van der Waals surface area contributed by atoms with Crippen molar-refractivity contribution in [2.75, 3.05) is 6.54 Å². The van der Waals surface area contributed by atoms with Gasteiger partial charge in [-0.25, -0.2) is 0 Å². The summed E-state index contributed by atoms with van der Waals surface area (Å²) in [5.74, 6) is 2.24. The van der Waals surface area contributed by atoms with E-state index in [4.69, 9.17) is 0 Å². The number of hydrogen-bond acceptors (Lipinski definition) is 4. The van der Waals surface area contributed by atoms with Gasteiger partial charge < -0.3 is 5.32 Å². The van der Waals surface area contributed by atoms with E-state index in [0.29, 0.717) is 35.9 Å². The zero-order valence-electron chi connectivity index (χ0n) is 15.1. The normalized spacial score (nSPS) is 43.3. The van der Waals surface area contributed by atoms with Gasteiger partial charge >= 0.3 is 0 Å². The number of Topliss-reactive ketones (excluding diaryl/α,β-unsaturated/α-hetero) is 1. The zero-order valence-corrected chi connectivity index (χ0v) is 15.1. The summed E-state index contributed by atoms with van der Waals surface area (Å²) in [5, 5.41) is 11.2. The minimum absolute atomic E-state index is 0.0836. The lowest BCUT2D eigenvalue weighted by Gasteiger charge is -2.38. The van der Waals surface area contributed by atoms with Gasteiger partial charge in [0, 0.05) is 18.0 Å². The molecule has 3 heterocycles. The number of rotatable bonds is 2. The van der Waals surface area contributed by atoms with Crippen LogP contribution in [0, 0.1) is 17.8 Å². The van der Waals surface area contributed by atoms with Crippen molar-refractivity contribution in [1.29, 1.82) is 0 Å². The standard InChI is InChI=1S/C17H29N3O.C2H6/c1-10(21)15-13(11-6-3-2-4-7-11)14-16-12(8-5-9-18-16)19-17(14)20-15;1-2/h11-20H,2-9H2,1H3;1-2H3. The van der Waals surface area contributed by atoms with Crippen molar-refractivity contribution >= 4 is 5.78 Å². The maximum atomic E-state index is 12.2. The number of nitrogens with one attached hydrogen (secondary N) is 3. The molecule has 1 saturated carbocycles. The molecule has 0 spiro atoms. The Labute approximate surface area is 141 Å². The Morgan fingerprint density at radius 3 is 2.35 bits per heavy atom. The number of carbonyl (C=O) groups excluding carboxylic acids is 1. The van der Waals surface area contributed by atoms with Crippen molar-refractivity contribution in [3.8, 4) is 0 Å². The van der Waals surface area contributed by atoms with Crippen LogP contribution >= 0.6 is 0 Å². The van der Waals surface area contributed by atoms with Crippen molar-refractivity contribution in [3.63, 3.8) is 0 Å². The molecule has 4 nitrogen and oxygen atoms in total. The van der Waals surface area contributed by atoms with Crippen molar-refractivity contribution in [1.82, 2.24) is 16.0 Å². The smallest absolute Gasteiger partial charge is 0.147 e. The Morgan fingerprint density at radius 1 is 0.913 bits per heavy atom. The van der Waals surface area contributed by atoms with Crippen LogP contribution in [0.1, 0.15) is 65.7 Å². The average Bonchev–Trinajstić information content (AvgIpc) is 3.13. The first-order valence-electron chi connectivity index (χ1n) is 10.0. The van der Waals surface area contributed by atoms with E-state index in [2.05, 4.69) is 16.0 Å². The van der Waals surface area contributed by atoms with E-state index in [1.807, 2.05) is 13.8 Å². The molecule has 4 heteroatoms. The summed E-state index contributed by atoms with van der Waals surface area (Å²) in [4.78, 5) is 12.2. The first-order chi connectivity index (χ1) is 11.3. The van der Waals surface area contributed by atoms with Gasteiger partial charge in [0.2, 0.25) is 0 Å². The summed E-state index contributed by atoms with van der Waals surface area (Å²) in [6.45, 7) is 6.93. The van der Waals surface area contributed by atoms with Crippen molar-refractivity contribution in [3.05, 3.63) is 0 Å². The fourth-order valence-electron chi connectivity index (χ4n) is 5.69. The number of fused-ring (bicyclic) bond motifs is 3. The molecule has 6 atom stereocenters. The van der Waals surface area contributed by atoms with E-state index in [1.54, 1.807) is 6.92 Å². The van der Waals surface area contributed by atoms with Crippen molar-refractivity contribution < 1.29 is 4.79 Å². The number of piperidine rings is 1. The molecule has 132 valence electrons. The molecule has 4 fully saturated rings. The van der Waals surface area contributed by atoms with Crippen LogP contribution in [-0.4, -0.2) is 36.6 Å². The highest BCUT2D eigenvalue weighted by atomic mass is 16.1. The lowest BCUT2D eigenvalue weighted by molar-refractivity contribution is -0.120. The second kappa shape index (κ2) is 7.62. The Kier molecular flexibility index (Phi) is 5.76. The van der Waals surface area contributed by atoms with Crippen molar-refractivity contribution in [2.24, 2.45) is 17.8 Å². The highest BCUT2D eigenvalue weighted by Crippen LogP contribution is 2.45.